The molecule has 98 valence electrons. The van der Waals surface area contributed by atoms with Gasteiger partial charge in [0.25, 0.3) is 0 Å². The summed E-state index contributed by atoms with van der Waals surface area (Å²) in [6.45, 7) is 8.63. The lowest BCUT2D eigenvalue weighted by atomic mass is 10.0. The molecule has 0 unspecified atom stereocenters. The summed E-state index contributed by atoms with van der Waals surface area (Å²) < 4.78 is 6.01. The van der Waals surface area contributed by atoms with E-state index in [4.69, 9.17) is 4.74 Å². The summed E-state index contributed by atoms with van der Waals surface area (Å²) in [5.74, 6) is 0.995. The molecule has 0 bridgehead atoms. The van der Waals surface area contributed by atoms with Gasteiger partial charge in [-0.25, -0.2) is 0 Å². The molecular weight excluding hydrogens is 232 g/mol. The maximum atomic E-state index is 6.01. The smallest absolute Gasteiger partial charge is 0.126 e. The number of hydrogen-bond acceptors (Lipinski definition) is 1. The topological polar surface area (TPSA) is 9.23 Å². The third kappa shape index (κ3) is 3.47. The van der Waals surface area contributed by atoms with E-state index in [-0.39, 0.29) is 0 Å². The number of allylic oxidation sites excluding steroid dienone is 1. The van der Waals surface area contributed by atoms with Crippen LogP contribution in [0.15, 0.2) is 55.1 Å². The lowest BCUT2D eigenvalue weighted by Gasteiger charge is -2.14. The van der Waals surface area contributed by atoms with E-state index in [1.807, 2.05) is 24.3 Å². The Morgan fingerprint density at radius 3 is 2.53 bits per heavy atom. The van der Waals surface area contributed by atoms with Gasteiger partial charge in [0.2, 0.25) is 0 Å². The van der Waals surface area contributed by atoms with Crippen LogP contribution in [-0.4, -0.2) is 0 Å². The Balaban J connectivity index is 2.21. The highest BCUT2D eigenvalue weighted by Gasteiger charge is 2.07. The highest BCUT2D eigenvalue weighted by Crippen LogP contribution is 2.27. The molecule has 0 saturated heterocycles. The zero-order chi connectivity index (χ0) is 13.7. The molecule has 0 aromatic heterocycles. The maximum Gasteiger partial charge on any atom is 0.126 e. The van der Waals surface area contributed by atoms with Gasteiger partial charge in [0.1, 0.15) is 12.4 Å². The van der Waals surface area contributed by atoms with E-state index in [9.17, 15) is 0 Å². The van der Waals surface area contributed by atoms with Crippen LogP contribution in [0.3, 0.4) is 0 Å². The molecule has 2 rings (SSSR count). The van der Waals surface area contributed by atoms with Crippen LogP contribution >= 0.6 is 0 Å². The number of benzene rings is 2. The summed E-state index contributed by atoms with van der Waals surface area (Å²) in [6.07, 6.45) is 2.76. The fourth-order valence-corrected chi connectivity index (χ4v) is 2.29. The lowest BCUT2D eigenvalue weighted by molar-refractivity contribution is 0.301. The predicted octanol–water partition coefficient (Wildman–Crippen LogP) is 4.61. The molecule has 0 saturated carbocycles. The van der Waals surface area contributed by atoms with Gasteiger partial charge in [0, 0.05) is 0 Å². The van der Waals surface area contributed by atoms with E-state index in [0.717, 1.165) is 12.2 Å². The first-order valence-corrected chi connectivity index (χ1v) is 6.58. The Kier molecular flexibility index (Phi) is 4.40. The molecule has 2 aromatic rings. The van der Waals surface area contributed by atoms with E-state index >= 15 is 0 Å². The van der Waals surface area contributed by atoms with E-state index in [1.165, 1.54) is 22.3 Å². The Morgan fingerprint density at radius 1 is 1.11 bits per heavy atom. The molecule has 0 atom stereocenters. The summed E-state index contributed by atoms with van der Waals surface area (Å²) in [5.41, 5.74) is 4.85. The molecule has 0 spiro atoms. The minimum Gasteiger partial charge on any atom is -0.488 e. The van der Waals surface area contributed by atoms with E-state index in [0.29, 0.717) is 6.61 Å². The first kappa shape index (κ1) is 13.4. The fraction of sp³-hybridized carbons (Fsp3) is 0.222. The Labute approximate surface area is 115 Å². The molecule has 1 heteroatoms. The van der Waals surface area contributed by atoms with E-state index < -0.39 is 0 Å². The fourth-order valence-electron chi connectivity index (χ4n) is 2.29. The summed E-state index contributed by atoms with van der Waals surface area (Å²) in [6, 6.07) is 14.6. The number of hydrogen-bond donors (Lipinski definition) is 0. The SMILES string of the molecule is C=CCc1cc(C)cc(C)c1OCc1ccccc1. The highest BCUT2D eigenvalue weighted by molar-refractivity contribution is 5.44. The Morgan fingerprint density at radius 2 is 1.84 bits per heavy atom. The van der Waals surface area contributed by atoms with Crippen LogP contribution in [0.4, 0.5) is 0 Å². The van der Waals surface area contributed by atoms with Crippen LogP contribution in [-0.2, 0) is 13.0 Å². The molecule has 0 N–H and O–H groups in total. The standard InChI is InChI=1S/C18H20O/c1-4-8-17-12-14(2)11-15(3)18(17)19-13-16-9-6-5-7-10-16/h4-7,9-12H,1,8,13H2,2-3H3. The van der Waals surface area contributed by atoms with Gasteiger partial charge >= 0.3 is 0 Å². The van der Waals surface area contributed by atoms with Crippen molar-refractivity contribution in [3.63, 3.8) is 0 Å². The molecular formula is C18H20O. The van der Waals surface area contributed by atoms with Crippen LogP contribution < -0.4 is 4.74 Å². The van der Waals surface area contributed by atoms with Gasteiger partial charge in [-0.1, -0.05) is 54.1 Å². The molecule has 0 amide bonds. The zero-order valence-corrected chi connectivity index (χ0v) is 11.6. The van der Waals surface area contributed by atoms with Crippen molar-refractivity contribution in [1.82, 2.24) is 0 Å². The van der Waals surface area contributed by atoms with Crippen molar-refractivity contribution >= 4 is 0 Å². The van der Waals surface area contributed by atoms with Crippen molar-refractivity contribution in [2.45, 2.75) is 26.9 Å². The molecule has 0 aliphatic rings. The largest absolute Gasteiger partial charge is 0.488 e. The minimum absolute atomic E-state index is 0.606. The van der Waals surface area contributed by atoms with Gasteiger partial charge in [0.15, 0.2) is 0 Å². The highest BCUT2D eigenvalue weighted by atomic mass is 16.5. The minimum atomic E-state index is 0.606. The summed E-state index contributed by atoms with van der Waals surface area (Å²) >= 11 is 0. The second-order valence-electron chi connectivity index (χ2n) is 4.84. The van der Waals surface area contributed by atoms with Crippen molar-refractivity contribution in [2.75, 3.05) is 0 Å². The maximum absolute atomic E-state index is 6.01. The molecule has 2 aromatic carbocycles. The molecule has 0 aliphatic carbocycles. The molecule has 19 heavy (non-hydrogen) atoms. The predicted molar refractivity (Wildman–Crippen MR) is 80.6 cm³/mol. The second-order valence-corrected chi connectivity index (χ2v) is 4.84. The molecule has 0 fully saturated rings. The van der Waals surface area contributed by atoms with Crippen molar-refractivity contribution in [3.8, 4) is 5.75 Å². The summed E-state index contributed by atoms with van der Waals surface area (Å²) in [5, 5.41) is 0. The first-order valence-electron chi connectivity index (χ1n) is 6.58. The van der Waals surface area contributed by atoms with Crippen LogP contribution in [0, 0.1) is 13.8 Å². The van der Waals surface area contributed by atoms with Crippen LogP contribution in [0.2, 0.25) is 0 Å². The normalized spacial score (nSPS) is 10.2. The zero-order valence-electron chi connectivity index (χ0n) is 11.6. The van der Waals surface area contributed by atoms with Gasteiger partial charge in [-0.15, -0.1) is 6.58 Å². The first-order chi connectivity index (χ1) is 9.20. The van der Waals surface area contributed by atoms with Crippen LogP contribution in [0.1, 0.15) is 22.3 Å². The van der Waals surface area contributed by atoms with Crippen molar-refractivity contribution in [2.24, 2.45) is 0 Å². The quantitative estimate of drug-likeness (QED) is 0.706. The average Bonchev–Trinajstić information content (AvgIpc) is 2.39. The molecule has 0 radical (unpaired) electrons. The van der Waals surface area contributed by atoms with Crippen molar-refractivity contribution < 1.29 is 4.74 Å². The molecule has 0 aliphatic heterocycles. The van der Waals surface area contributed by atoms with Crippen LogP contribution in [0.5, 0.6) is 5.75 Å². The molecule has 1 nitrogen and oxygen atoms in total. The van der Waals surface area contributed by atoms with Crippen molar-refractivity contribution in [1.29, 1.82) is 0 Å². The van der Waals surface area contributed by atoms with Crippen LogP contribution in [0.25, 0.3) is 0 Å². The van der Waals surface area contributed by atoms with Gasteiger partial charge in [0.05, 0.1) is 0 Å². The third-order valence-corrected chi connectivity index (χ3v) is 3.09. The van der Waals surface area contributed by atoms with Gasteiger partial charge in [-0.05, 0) is 37.0 Å². The van der Waals surface area contributed by atoms with E-state index in [2.05, 4.69) is 44.7 Å². The number of ether oxygens (including phenoxy) is 1. The van der Waals surface area contributed by atoms with Gasteiger partial charge < -0.3 is 4.74 Å². The number of aryl methyl sites for hydroxylation is 2. The third-order valence-electron chi connectivity index (χ3n) is 3.09. The monoisotopic (exact) mass is 252 g/mol. The number of rotatable bonds is 5. The van der Waals surface area contributed by atoms with Crippen molar-refractivity contribution in [3.05, 3.63) is 77.4 Å². The Bertz CT molecular complexity index is 555. The molecule has 0 heterocycles. The second kappa shape index (κ2) is 6.24. The van der Waals surface area contributed by atoms with E-state index in [1.54, 1.807) is 0 Å². The Hall–Kier alpha value is -2.02. The summed E-state index contributed by atoms with van der Waals surface area (Å²) in [7, 11) is 0. The lowest BCUT2D eigenvalue weighted by Crippen LogP contribution is -2.01. The van der Waals surface area contributed by atoms with Gasteiger partial charge in [-0.3, -0.25) is 0 Å². The average molecular weight is 252 g/mol. The summed E-state index contributed by atoms with van der Waals surface area (Å²) in [4.78, 5) is 0. The van der Waals surface area contributed by atoms with Gasteiger partial charge in [-0.2, -0.15) is 0 Å².